The third-order valence-corrected chi connectivity index (χ3v) is 4.77. The van der Waals surface area contributed by atoms with Crippen molar-refractivity contribution in [1.29, 1.82) is 0 Å². The summed E-state index contributed by atoms with van der Waals surface area (Å²) in [4.78, 5) is 26.1. The van der Waals surface area contributed by atoms with Crippen LogP contribution in [0.1, 0.15) is 11.1 Å². The summed E-state index contributed by atoms with van der Waals surface area (Å²) in [5.41, 5.74) is 1.17. The Hall–Kier alpha value is -2.44. The van der Waals surface area contributed by atoms with Crippen molar-refractivity contribution < 1.29 is 19.4 Å². The molecule has 2 amide bonds. The van der Waals surface area contributed by atoms with Gasteiger partial charge in [0, 0.05) is 10.6 Å². The van der Waals surface area contributed by atoms with Crippen LogP contribution in [0.3, 0.4) is 0 Å². The average molecular weight is 376 g/mol. The van der Waals surface area contributed by atoms with Gasteiger partial charge < -0.3 is 9.84 Å². The van der Waals surface area contributed by atoms with Crippen LogP contribution in [0.15, 0.2) is 47.4 Å². The van der Waals surface area contributed by atoms with E-state index < -0.39 is 5.91 Å². The lowest BCUT2D eigenvalue weighted by Gasteiger charge is -2.12. The molecule has 1 aliphatic rings. The lowest BCUT2D eigenvalue weighted by molar-refractivity contribution is -0.123. The summed E-state index contributed by atoms with van der Waals surface area (Å²) >= 11 is 6.78. The summed E-state index contributed by atoms with van der Waals surface area (Å²) in [6.45, 7) is 0.145. The highest BCUT2D eigenvalue weighted by Crippen LogP contribution is 2.35. The zero-order chi connectivity index (χ0) is 18.0. The number of thioether (sulfide) groups is 1. The number of imide groups is 1. The molecule has 1 N–H and O–H groups in total. The van der Waals surface area contributed by atoms with Gasteiger partial charge in [-0.2, -0.15) is 0 Å². The number of aromatic hydroxyl groups is 1. The van der Waals surface area contributed by atoms with Crippen molar-refractivity contribution >= 4 is 40.6 Å². The van der Waals surface area contributed by atoms with Gasteiger partial charge in [-0.15, -0.1) is 0 Å². The van der Waals surface area contributed by atoms with Crippen molar-refractivity contribution in [2.45, 2.75) is 6.54 Å². The molecule has 1 aliphatic heterocycles. The van der Waals surface area contributed by atoms with Crippen LogP contribution >= 0.6 is 23.4 Å². The number of nitrogens with zero attached hydrogens (tertiary/aromatic N) is 1. The first kappa shape index (κ1) is 17.4. The van der Waals surface area contributed by atoms with E-state index in [0.29, 0.717) is 16.3 Å². The number of halogens is 1. The fourth-order valence-electron chi connectivity index (χ4n) is 2.37. The fourth-order valence-corrected chi connectivity index (χ4v) is 3.41. The monoisotopic (exact) mass is 375 g/mol. The number of hydrogen-bond acceptors (Lipinski definition) is 5. The Morgan fingerprint density at radius 2 is 2.04 bits per heavy atom. The van der Waals surface area contributed by atoms with Crippen LogP contribution in [-0.4, -0.2) is 28.3 Å². The maximum Gasteiger partial charge on any atom is 0.293 e. The van der Waals surface area contributed by atoms with Gasteiger partial charge in [0.15, 0.2) is 0 Å². The number of carbonyl (C=O) groups is 2. The Kier molecular flexibility index (Phi) is 5.01. The molecule has 3 rings (SSSR count). The Bertz CT molecular complexity index is 881. The number of amides is 2. The molecular weight excluding hydrogens is 362 g/mol. The lowest BCUT2D eigenvalue weighted by atomic mass is 10.1. The molecule has 0 unspecified atom stereocenters. The molecule has 0 spiro atoms. The van der Waals surface area contributed by atoms with Crippen LogP contribution in [0.5, 0.6) is 11.5 Å². The second-order valence-corrected chi connectivity index (χ2v) is 6.75. The number of ether oxygens (including phenoxy) is 1. The van der Waals surface area contributed by atoms with Crippen molar-refractivity contribution in [1.82, 2.24) is 4.90 Å². The molecule has 1 saturated heterocycles. The molecule has 1 fully saturated rings. The second kappa shape index (κ2) is 7.21. The number of benzene rings is 2. The van der Waals surface area contributed by atoms with Crippen LogP contribution in [0.25, 0.3) is 6.08 Å². The third-order valence-electron chi connectivity index (χ3n) is 3.62. The van der Waals surface area contributed by atoms with Gasteiger partial charge in [-0.25, -0.2) is 0 Å². The highest BCUT2D eigenvalue weighted by molar-refractivity contribution is 8.18. The molecule has 25 heavy (non-hydrogen) atoms. The summed E-state index contributed by atoms with van der Waals surface area (Å²) in [7, 11) is 1.51. The Balaban J connectivity index is 1.86. The number of phenolic OH excluding ortho intramolecular Hbond substituents is 1. The number of carbonyl (C=O) groups excluding carboxylic acids is 2. The summed E-state index contributed by atoms with van der Waals surface area (Å²) in [5.74, 6) is 0.141. The molecule has 0 atom stereocenters. The van der Waals surface area contributed by atoms with Gasteiger partial charge in [0.05, 0.1) is 18.6 Å². The van der Waals surface area contributed by atoms with E-state index in [1.54, 1.807) is 36.4 Å². The molecule has 0 aromatic heterocycles. The number of methoxy groups -OCH3 is 1. The Morgan fingerprint density at radius 3 is 2.76 bits per heavy atom. The van der Waals surface area contributed by atoms with Crippen LogP contribution in [0.2, 0.25) is 5.02 Å². The van der Waals surface area contributed by atoms with Crippen molar-refractivity contribution in [2.75, 3.05) is 7.11 Å². The molecular formula is C18H14ClNO4S. The normalized spacial score (nSPS) is 15.9. The van der Waals surface area contributed by atoms with Gasteiger partial charge in [-0.1, -0.05) is 23.7 Å². The highest BCUT2D eigenvalue weighted by Gasteiger charge is 2.35. The van der Waals surface area contributed by atoms with E-state index in [2.05, 4.69) is 0 Å². The predicted octanol–water partition coefficient (Wildman–Crippen LogP) is 4.29. The van der Waals surface area contributed by atoms with Crippen molar-refractivity contribution in [3.05, 3.63) is 63.5 Å². The van der Waals surface area contributed by atoms with E-state index in [1.165, 1.54) is 19.3 Å². The number of phenols is 1. The minimum Gasteiger partial charge on any atom is -0.507 e. The summed E-state index contributed by atoms with van der Waals surface area (Å²) in [6, 6.07) is 11.7. The van der Waals surface area contributed by atoms with E-state index in [4.69, 9.17) is 16.3 Å². The summed E-state index contributed by atoms with van der Waals surface area (Å²) < 4.78 is 5.11. The average Bonchev–Trinajstić information content (AvgIpc) is 2.84. The smallest absolute Gasteiger partial charge is 0.293 e. The number of hydrogen-bond donors (Lipinski definition) is 1. The third kappa shape index (κ3) is 3.81. The topological polar surface area (TPSA) is 66.8 Å². The predicted molar refractivity (Wildman–Crippen MR) is 97.6 cm³/mol. The lowest BCUT2D eigenvalue weighted by Crippen LogP contribution is -2.27. The van der Waals surface area contributed by atoms with Crippen molar-refractivity contribution in [3.63, 3.8) is 0 Å². The van der Waals surface area contributed by atoms with E-state index in [9.17, 15) is 14.7 Å². The molecule has 7 heteroatoms. The molecule has 2 aromatic carbocycles. The van der Waals surface area contributed by atoms with Crippen LogP contribution in [-0.2, 0) is 11.3 Å². The maximum atomic E-state index is 12.5. The van der Waals surface area contributed by atoms with Gasteiger partial charge in [0.1, 0.15) is 11.5 Å². The zero-order valence-electron chi connectivity index (χ0n) is 13.2. The number of rotatable bonds is 4. The standard InChI is InChI=1S/C18H14ClNO4S/c1-24-14-5-6-15(21)12(8-14)9-16-17(22)20(18(23)25-16)10-11-3-2-4-13(19)7-11/h2-9,21H,10H2,1H3/b16-9-. The second-order valence-electron chi connectivity index (χ2n) is 5.32. The quantitative estimate of drug-likeness (QED) is 0.807. The van der Waals surface area contributed by atoms with Gasteiger partial charge in [0.25, 0.3) is 11.1 Å². The molecule has 0 saturated carbocycles. The van der Waals surface area contributed by atoms with Crippen molar-refractivity contribution in [3.8, 4) is 11.5 Å². The summed E-state index contributed by atoms with van der Waals surface area (Å²) in [6.07, 6.45) is 1.49. The molecule has 128 valence electrons. The highest BCUT2D eigenvalue weighted by atomic mass is 35.5. The zero-order valence-corrected chi connectivity index (χ0v) is 14.8. The Labute approximate surface area is 153 Å². The van der Waals surface area contributed by atoms with E-state index in [0.717, 1.165) is 22.2 Å². The van der Waals surface area contributed by atoms with E-state index in [-0.39, 0.29) is 22.4 Å². The van der Waals surface area contributed by atoms with Gasteiger partial charge in [-0.05, 0) is 53.7 Å². The van der Waals surface area contributed by atoms with Crippen molar-refractivity contribution in [2.24, 2.45) is 0 Å². The van der Waals surface area contributed by atoms with Crippen LogP contribution in [0.4, 0.5) is 4.79 Å². The molecule has 0 radical (unpaired) electrons. The van der Waals surface area contributed by atoms with Crippen LogP contribution in [0, 0.1) is 0 Å². The fraction of sp³-hybridized carbons (Fsp3) is 0.111. The first-order valence-electron chi connectivity index (χ1n) is 7.35. The first-order chi connectivity index (χ1) is 12.0. The summed E-state index contributed by atoms with van der Waals surface area (Å²) in [5, 5.41) is 10.1. The maximum absolute atomic E-state index is 12.5. The van der Waals surface area contributed by atoms with E-state index >= 15 is 0 Å². The minimum atomic E-state index is -0.405. The van der Waals surface area contributed by atoms with E-state index in [1.807, 2.05) is 0 Å². The molecule has 5 nitrogen and oxygen atoms in total. The molecule has 0 aliphatic carbocycles. The Morgan fingerprint density at radius 1 is 1.24 bits per heavy atom. The molecule has 0 bridgehead atoms. The minimum absolute atomic E-state index is 0.00226. The van der Waals surface area contributed by atoms with Gasteiger partial charge >= 0.3 is 0 Å². The van der Waals surface area contributed by atoms with Gasteiger partial charge in [-0.3, -0.25) is 14.5 Å². The van der Waals surface area contributed by atoms with Crippen LogP contribution < -0.4 is 4.74 Å². The first-order valence-corrected chi connectivity index (χ1v) is 8.54. The molecule has 2 aromatic rings. The SMILES string of the molecule is COc1ccc(O)c(/C=C2\SC(=O)N(Cc3cccc(Cl)c3)C2=O)c1. The largest absolute Gasteiger partial charge is 0.507 e. The molecule has 1 heterocycles. The van der Waals surface area contributed by atoms with Gasteiger partial charge in [0.2, 0.25) is 0 Å².